The van der Waals surface area contributed by atoms with E-state index in [1.54, 1.807) is 6.92 Å². The normalized spacial score (nSPS) is 27.4. The molecule has 2 aromatic heterocycles. The van der Waals surface area contributed by atoms with E-state index in [1.807, 2.05) is 16.2 Å². The Kier molecular flexibility index (Phi) is 3.29. The molecule has 2 aliphatic rings. The van der Waals surface area contributed by atoms with Crippen LogP contribution in [0, 0.1) is 19.8 Å². The first kappa shape index (κ1) is 13.9. The van der Waals surface area contributed by atoms with Gasteiger partial charge in [0.2, 0.25) is 11.8 Å². The molecule has 0 aromatic carbocycles. The molecule has 0 N–H and O–H groups in total. The molecule has 6 heteroatoms. The zero-order chi connectivity index (χ0) is 15.3. The molecule has 1 saturated heterocycles. The van der Waals surface area contributed by atoms with Crippen LogP contribution in [-0.2, 0) is 4.79 Å². The van der Waals surface area contributed by atoms with Crippen molar-refractivity contribution in [3.63, 3.8) is 0 Å². The van der Waals surface area contributed by atoms with Crippen LogP contribution in [0.1, 0.15) is 52.7 Å². The molecule has 1 aliphatic heterocycles. The fraction of sp³-hybridized carbons (Fsp3) is 0.562. The van der Waals surface area contributed by atoms with Crippen LogP contribution in [0.4, 0.5) is 0 Å². The number of aryl methyl sites for hydroxylation is 2. The Bertz CT molecular complexity index is 708. The van der Waals surface area contributed by atoms with Crippen LogP contribution >= 0.6 is 11.3 Å². The Balaban J connectivity index is 1.48. The van der Waals surface area contributed by atoms with Gasteiger partial charge in [0.15, 0.2) is 5.82 Å². The molecule has 2 aromatic rings. The molecule has 1 aliphatic carbocycles. The van der Waals surface area contributed by atoms with Crippen molar-refractivity contribution < 1.29 is 9.32 Å². The van der Waals surface area contributed by atoms with Crippen LogP contribution < -0.4 is 0 Å². The summed E-state index contributed by atoms with van der Waals surface area (Å²) >= 11 is 1.81. The Morgan fingerprint density at radius 2 is 2.27 bits per heavy atom. The van der Waals surface area contributed by atoms with E-state index in [1.165, 1.54) is 9.75 Å². The smallest absolute Gasteiger partial charge is 0.226 e. The maximum Gasteiger partial charge on any atom is 0.226 e. The number of likely N-dealkylation sites (tertiary alicyclic amines) is 1. The van der Waals surface area contributed by atoms with Crippen molar-refractivity contribution in [3.05, 3.63) is 33.6 Å². The molecular weight excluding hydrogens is 298 g/mol. The molecule has 0 spiro atoms. The van der Waals surface area contributed by atoms with Gasteiger partial charge in [-0.25, -0.2) is 0 Å². The number of carbonyl (C=O) groups is 1. The second-order valence-corrected chi connectivity index (χ2v) is 7.58. The van der Waals surface area contributed by atoms with E-state index >= 15 is 0 Å². The van der Waals surface area contributed by atoms with E-state index in [4.69, 9.17) is 4.52 Å². The maximum absolute atomic E-state index is 12.8. The summed E-state index contributed by atoms with van der Waals surface area (Å²) in [6, 6.07) is 4.30. The molecule has 0 bridgehead atoms. The number of carbonyl (C=O) groups excluding carboxylic acids is 1. The molecule has 4 rings (SSSR count). The van der Waals surface area contributed by atoms with Crippen molar-refractivity contribution in [1.29, 1.82) is 0 Å². The molecule has 22 heavy (non-hydrogen) atoms. The molecule has 1 amide bonds. The van der Waals surface area contributed by atoms with Gasteiger partial charge in [0.1, 0.15) is 0 Å². The van der Waals surface area contributed by atoms with E-state index in [-0.39, 0.29) is 17.9 Å². The fourth-order valence-electron chi connectivity index (χ4n) is 3.40. The topological polar surface area (TPSA) is 59.2 Å². The van der Waals surface area contributed by atoms with Crippen molar-refractivity contribution in [1.82, 2.24) is 15.0 Å². The quantitative estimate of drug-likeness (QED) is 0.872. The number of thiophene rings is 1. The monoisotopic (exact) mass is 317 g/mol. The van der Waals surface area contributed by atoms with Gasteiger partial charge in [-0.1, -0.05) is 5.16 Å². The van der Waals surface area contributed by atoms with Crippen molar-refractivity contribution in [2.75, 3.05) is 6.54 Å². The molecule has 0 radical (unpaired) electrons. The lowest BCUT2D eigenvalue weighted by molar-refractivity contribution is -0.133. The molecule has 0 unspecified atom stereocenters. The number of aromatic nitrogens is 2. The summed E-state index contributed by atoms with van der Waals surface area (Å²) in [7, 11) is 0. The summed E-state index contributed by atoms with van der Waals surface area (Å²) in [6.07, 6.45) is 2.92. The largest absolute Gasteiger partial charge is 0.340 e. The van der Waals surface area contributed by atoms with E-state index in [0.29, 0.717) is 17.6 Å². The van der Waals surface area contributed by atoms with Gasteiger partial charge >= 0.3 is 0 Å². The van der Waals surface area contributed by atoms with E-state index in [2.05, 4.69) is 29.2 Å². The minimum absolute atomic E-state index is 0.00345. The van der Waals surface area contributed by atoms with Crippen molar-refractivity contribution >= 4 is 17.2 Å². The predicted octanol–water partition coefficient (Wildman–Crippen LogP) is 3.22. The Morgan fingerprint density at radius 1 is 1.41 bits per heavy atom. The highest BCUT2D eigenvalue weighted by atomic mass is 32.1. The van der Waals surface area contributed by atoms with Gasteiger partial charge in [-0.2, -0.15) is 4.98 Å². The fourth-order valence-corrected chi connectivity index (χ4v) is 4.45. The van der Waals surface area contributed by atoms with Crippen LogP contribution in [0.5, 0.6) is 0 Å². The molecule has 2 fully saturated rings. The van der Waals surface area contributed by atoms with E-state index in [9.17, 15) is 4.79 Å². The lowest BCUT2D eigenvalue weighted by Crippen LogP contribution is -2.32. The minimum atomic E-state index is -0.00345. The lowest BCUT2D eigenvalue weighted by atomic mass is 10.2. The first-order chi connectivity index (χ1) is 10.6. The molecule has 1 saturated carbocycles. The number of amides is 1. The standard InChI is InChI=1S/C16H19N3O2S/c1-9-5-6-14(22-9)11-8-12(11)16(20)19-7-3-4-13(19)15-17-10(2)21-18-15/h5-6,11-13H,3-4,7-8H2,1-2H3/t11-,12+,13-/m0/s1. The third-order valence-electron chi connectivity index (χ3n) is 4.61. The van der Waals surface area contributed by atoms with Crippen LogP contribution in [-0.4, -0.2) is 27.5 Å². The number of hydrogen-bond donors (Lipinski definition) is 0. The Hall–Kier alpha value is -1.69. The molecule has 116 valence electrons. The van der Waals surface area contributed by atoms with Gasteiger partial charge < -0.3 is 9.42 Å². The summed E-state index contributed by atoms with van der Waals surface area (Å²) in [5, 5.41) is 4.01. The minimum Gasteiger partial charge on any atom is -0.340 e. The Morgan fingerprint density at radius 3 is 2.95 bits per heavy atom. The summed E-state index contributed by atoms with van der Waals surface area (Å²) in [5.41, 5.74) is 0. The van der Waals surface area contributed by atoms with Crippen LogP contribution in [0.15, 0.2) is 16.7 Å². The first-order valence-electron chi connectivity index (χ1n) is 7.80. The first-order valence-corrected chi connectivity index (χ1v) is 8.62. The zero-order valence-electron chi connectivity index (χ0n) is 12.8. The summed E-state index contributed by atoms with van der Waals surface area (Å²) in [6.45, 7) is 4.71. The lowest BCUT2D eigenvalue weighted by Gasteiger charge is -2.22. The number of hydrogen-bond acceptors (Lipinski definition) is 5. The van der Waals surface area contributed by atoms with Gasteiger partial charge in [-0.05, 0) is 38.3 Å². The zero-order valence-corrected chi connectivity index (χ0v) is 13.6. The van der Waals surface area contributed by atoms with Gasteiger partial charge in [0, 0.05) is 35.1 Å². The van der Waals surface area contributed by atoms with Crippen molar-refractivity contribution in [2.24, 2.45) is 5.92 Å². The third-order valence-corrected chi connectivity index (χ3v) is 5.74. The highest BCUT2D eigenvalue weighted by Gasteiger charge is 2.48. The van der Waals surface area contributed by atoms with Crippen LogP contribution in [0.25, 0.3) is 0 Å². The van der Waals surface area contributed by atoms with Gasteiger partial charge in [0.25, 0.3) is 0 Å². The summed E-state index contributed by atoms with van der Waals surface area (Å²) in [4.78, 5) is 21.8. The van der Waals surface area contributed by atoms with Crippen molar-refractivity contribution in [2.45, 2.75) is 45.1 Å². The van der Waals surface area contributed by atoms with Crippen LogP contribution in [0.3, 0.4) is 0 Å². The third kappa shape index (κ3) is 2.35. The molecule has 3 atom stereocenters. The van der Waals surface area contributed by atoms with Gasteiger partial charge in [-0.3, -0.25) is 4.79 Å². The van der Waals surface area contributed by atoms with E-state index < -0.39 is 0 Å². The maximum atomic E-state index is 12.8. The van der Waals surface area contributed by atoms with Gasteiger partial charge in [-0.15, -0.1) is 11.3 Å². The Labute approximate surface area is 133 Å². The second kappa shape index (κ2) is 5.19. The highest BCUT2D eigenvalue weighted by molar-refractivity contribution is 7.12. The predicted molar refractivity (Wildman–Crippen MR) is 82.6 cm³/mol. The average molecular weight is 317 g/mol. The second-order valence-electron chi connectivity index (χ2n) is 6.26. The van der Waals surface area contributed by atoms with Gasteiger partial charge in [0.05, 0.1) is 6.04 Å². The SMILES string of the molecule is Cc1nc([C@@H]2CCCN2C(=O)[C@@H]2C[C@@H]2c2ccc(C)s2)no1. The molecule has 3 heterocycles. The van der Waals surface area contributed by atoms with Crippen LogP contribution in [0.2, 0.25) is 0 Å². The average Bonchev–Trinajstić information content (AvgIpc) is 2.85. The molecular formula is C16H19N3O2S. The molecule has 5 nitrogen and oxygen atoms in total. The highest BCUT2D eigenvalue weighted by Crippen LogP contribution is 2.51. The number of nitrogens with zero attached hydrogens (tertiary/aromatic N) is 3. The van der Waals surface area contributed by atoms with Crippen molar-refractivity contribution in [3.8, 4) is 0 Å². The number of rotatable bonds is 3. The van der Waals surface area contributed by atoms with E-state index in [0.717, 1.165) is 25.8 Å². The summed E-state index contributed by atoms with van der Waals surface area (Å²) < 4.78 is 5.08. The summed E-state index contributed by atoms with van der Waals surface area (Å²) in [5.74, 6) is 2.05.